The molecule has 3 aromatic rings. The minimum absolute atomic E-state index is 0.102. The third-order valence-electron chi connectivity index (χ3n) is 4.05. The number of fused-ring (bicyclic) bond motifs is 1. The number of nitrogens with zero attached hydrogens (tertiary/aromatic N) is 2. The van der Waals surface area contributed by atoms with Crippen LogP contribution in [-0.2, 0) is 13.1 Å². The van der Waals surface area contributed by atoms with E-state index in [4.69, 9.17) is 11.6 Å². The zero-order valence-corrected chi connectivity index (χ0v) is 14.8. The van der Waals surface area contributed by atoms with Gasteiger partial charge in [0.15, 0.2) is 0 Å². The highest BCUT2D eigenvalue weighted by Crippen LogP contribution is 2.14. The predicted molar refractivity (Wildman–Crippen MR) is 99.0 cm³/mol. The van der Waals surface area contributed by atoms with Crippen LogP contribution in [0.3, 0.4) is 0 Å². The van der Waals surface area contributed by atoms with Crippen molar-refractivity contribution in [1.82, 2.24) is 14.9 Å². The van der Waals surface area contributed by atoms with Gasteiger partial charge in [0, 0.05) is 23.7 Å². The number of rotatable bonds is 4. The molecule has 0 aliphatic rings. The molecule has 0 saturated heterocycles. The summed E-state index contributed by atoms with van der Waals surface area (Å²) in [5.41, 5.74) is 3.16. The standard InChI is InChI=1S/C19H18ClN3O2/c1-3-23-17-9-6-14(10-16(17)22-12(2)19(23)25)18(24)21-11-13-4-7-15(20)8-5-13/h4-10H,3,11H2,1-2H3,(H,21,24). The van der Waals surface area contributed by atoms with E-state index in [9.17, 15) is 9.59 Å². The molecule has 0 aliphatic heterocycles. The quantitative estimate of drug-likeness (QED) is 0.781. The van der Waals surface area contributed by atoms with Gasteiger partial charge >= 0.3 is 0 Å². The van der Waals surface area contributed by atoms with E-state index < -0.39 is 0 Å². The minimum Gasteiger partial charge on any atom is -0.348 e. The van der Waals surface area contributed by atoms with Crippen LogP contribution in [0, 0.1) is 6.92 Å². The fraction of sp³-hybridized carbons (Fsp3) is 0.211. The van der Waals surface area contributed by atoms with Crippen molar-refractivity contribution >= 4 is 28.5 Å². The lowest BCUT2D eigenvalue weighted by Gasteiger charge is -2.10. The second kappa shape index (κ2) is 7.07. The van der Waals surface area contributed by atoms with E-state index in [-0.39, 0.29) is 11.5 Å². The Bertz CT molecular complexity index is 994. The van der Waals surface area contributed by atoms with Crippen molar-refractivity contribution in [2.24, 2.45) is 0 Å². The molecule has 5 nitrogen and oxygen atoms in total. The maximum Gasteiger partial charge on any atom is 0.272 e. The van der Waals surface area contributed by atoms with Crippen LogP contribution in [0.2, 0.25) is 5.02 Å². The highest BCUT2D eigenvalue weighted by atomic mass is 35.5. The summed E-state index contributed by atoms with van der Waals surface area (Å²) in [6.07, 6.45) is 0. The molecular formula is C19H18ClN3O2. The summed E-state index contributed by atoms with van der Waals surface area (Å²) >= 11 is 5.86. The van der Waals surface area contributed by atoms with Gasteiger partial charge in [-0.2, -0.15) is 0 Å². The van der Waals surface area contributed by atoms with E-state index >= 15 is 0 Å². The third-order valence-corrected chi connectivity index (χ3v) is 4.31. The Kier molecular flexibility index (Phi) is 4.86. The van der Waals surface area contributed by atoms with Gasteiger partial charge < -0.3 is 9.88 Å². The van der Waals surface area contributed by atoms with Crippen LogP contribution in [0.5, 0.6) is 0 Å². The predicted octanol–water partition coefficient (Wildman–Crippen LogP) is 3.31. The van der Waals surface area contributed by atoms with Gasteiger partial charge in [-0.3, -0.25) is 9.59 Å². The molecule has 1 aromatic heterocycles. The maximum atomic E-state index is 12.4. The number of carbonyl (C=O) groups excluding carboxylic acids is 1. The molecule has 0 atom stereocenters. The van der Waals surface area contributed by atoms with Crippen molar-refractivity contribution in [1.29, 1.82) is 0 Å². The van der Waals surface area contributed by atoms with Crippen LogP contribution in [0.4, 0.5) is 0 Å². The number of hydrogen-bond donors (Lipinski definition) is 1. The van der Waals surface area contributed by atoms with Crippen molar-refractivity contribution < 1.29 is 4.79 Å². The van der Waals surface area contributed by atoms with E-state index in [1.54, 1.807) is 41.8 Å². The van der Waals surface area contributed by atoms with Crippen molar-refractivity contribution in [3.8, 4) is 0 Å². The average molecular weight is 356 g/mol. The van der Waals surface area contributed by atoms with Gasteiger partial charge in [0.05, 0.1) is 11.0 Å². The lowest BCUT2D eigenvalue weighted by molar-refractivity contribution is 0.0951. The first kappa shape index (κ1) is 17.2. The molecule has 1 heterocycles. The molecule has 0 unspecified atom stereocenters. The summed E-state index contributed by atoms with van der Waals surface area (Å²) in [5, 5.41) is 3.54. The fourth-order valence-corrected chi connectivity index (χ4v) is 2.84. The molecule has 0 bridgehead atoms. The van der Waals surface area contributed by atoms with Crippen molar-refractivity contribution in [2.45, 2.75) is 26.9 Å². The number of halogens is 1. The summed E-state index contributed by atoms with van der Waals surface area (Å²) < 4.78 is 1.66. The summed E-state index contributed by atoms with van der Waals surface area (Å²) in [7, 11) is 0. The third kappa shape index (κ3) is 3.56. The van der Waals surface area contributed by atoms with Gasteiger partial charge in [0.2, 0.25) is 0 Å². The summed E-state index contributed by atoms with van der Waals surface area (Å²) in [6.45, 7) is 4.56. The topological polar surface area (TPSA) is 64.0 Å². The number of aromatic nitrogens is 2. The van der Waals surface area contributed by atoms with Gasteiger partial charge in [-0.25, -0.2) is 4.98 Å². The van der Waals surface area contributed by atoms with Crippen LogP contribution in [0.1, 0.15) is 28.5 Å². The molecule has 0 radical (unpaired) electrons. The molecule has 1 amide bonds. The van der Waals surface area contributed by atoms with Gasteiger partial charge in [0.25, 0.3) is 11.5 Å². The van der Waals surface area contributed by atoms with Crippen LogP contribution < -0.4 is 10.9 Å². The van der Waals surface area contributed by atoms with E-state index in [2.05, 4.69) is 10.3 Å². The first-order valence-corrected chi connectivity index (χ1v) is 8.41. The lowest BCUT2D eigenvalue weighted by Crippen LogP contribution is -2.25. The van der Waals surface area contributed by atoms with Gasteiger partial charge in [-0.05, 0) is 49.7 Å². The van der Waals surface area contributed by atoms with Crippen molar-refractivity contribution in [3.63, 3.8) is 0 Å². The Balaban J connectivity index is 1.85. The Morgan fingerprint density at radius 2 is 1.92 bits per heavy atom. The molecule has 1 N–H and O–H groups in total. The average Bonchev–Trinajstić information content (AvgIpc) is 2.61. The Morgan fingerprint density at radius 1 is 1.20 bits per heavy atom. The summed E-state index contributed by atoms with van der Waals surface area (Å²) in [4.78, 5) is 28.9. The van der Waals surface area contributed by atoms with Gasteiger partial charge in [-0.15, -0.1) is 0 Å². The second-order valence-corrected chi connectivity index (χ2v) is 6.20. The first-order valence-electron chi connectivity index (χ1n) is 8.03. The van der Waals surface area contributed by atoms with Crippen LogP contribution in [-0.4, -0.2) is 15.5 Å². The van der Waals surface area contributed by atoms with Crippen LogP contribution in [0.25, 0.3) is 11.0 Å². The smallest absolute Gasteiger partial charge is 0.272 e. The molecule has 6 heteroatoms. The normalized spacial score (nSPS) is 10.8. The number of amides is 1. The molecule has 3 rings (SSSR count). The van der Waals surface area contributed by atoms with Crippen LogP contribution >= 0.6 is 11.6 Å². The molecule has 0 saturated carbocycles. The fourth-order valence-electron chi connectivity index (χ4n) is 2.72. The number of carbonyl (C=O) groups is 1. The highest BCUT2D eigenvalue weighted by molar-refractivity contribution is 6.30. The minimum atomic E-state index is -0.189. The number of benzene rings is 2. The van der Waals surface area contributed by atoms with Gasteiger partial charge in [0.1, 0.15) is 5.69 Å². The van der Waals surface area contributed by atoms with E-state index in [1.807, 2.05) is 19.1 Å². The van der Waals surface area contributed by atoms with E-state index in [0.29, 0.717) is 34.9 Å². The Morgan fingerprint density at radius 3 is 2.60 bits per heavy atom. The molecule has 0 aliphatic carbocycles. The molecular weight excluding hydrogens is 338 g/mol. The lowest BCUT2D eigenvalue weighted by atomic mass is 10.1. The molecule has 2 aromatic carbocycles. The summed E-state index contributed by atoms with van der Waals surface area (Å²) in [6, 6.07) is 12.5. The Labute approximate surface area is 150 Å². The summed E-state index contributed by atoms with van der Waals surface area (Å²) in [5.74, 6) is -0.189. The molecule has 0 spiro atoms. The second-order valence-electron chi connectivity index (χ2n) is 5.76. The number of aryl methyl sites for hydroxylation is 2. The highest BCUT2D eigenvalue weighted by Gasteiger charge is 2.11. The first-order chi connectivity index (χ1) is 12.0. The largest absolute Gasteiger partial charge is 0.348 e. The SMILES string of the molecule is CCn1c(=O)c(C)nc2cc(C(=O)NCc3ccc(Cl)cc3)ccc21. The molecule has 25 heavy (non-hydrogen) atoms. The van der Waals surface area contributed by atoms with Crippen LogP contribution in [0.15, 0.2) is 47.3 Å². The molecule has 0 fully saturated rings. The molecule has 128 valence electrons. The van der Waals surface area contributed by atoms with Gasteiger partial charge in [-0.1, -0.05) is 23.7 Å². The number of nitrogens with one attached hydrogen (secondary N) is 1. The zero-order valence-electron chi connectivity index (χ0n) is 14.0. The number of hydrogen-bond acceptors (Lipinski definition) is 3. The monoisotopic (exact) mass is 355 g/mol. The van der Waals surface area contributed by atoms with Crippen molar-refractivity contribution in [3.05, 3.63) is 74.7 Å². The zero-order chi connectivity index (χ0) is 18.0. The maximum absolute atomic E-state index is 12.4. The Hall–Kier alpha value is -2.66. The van der Waals surface area contributed by atoms with E-state index in [0.717, 1.165) is 11.1 Å². The van der Waals surface area contributed by atoms with Crippen molar-refractivity contribution in [2.75, 3.05) is 0 Å². The van der Waals surface area contributed by atoms with E-state index in [1.165, 1.54) is 0 Å².